The minimum atomic E-state index is -1.12. The van der Waals surface area contributed by atoms with Crippen LogP contribution in [0.1, 0.15) is 0 Å². The molecule has 80 valence electrons. The van der Waals surface area contributed by atoms with E-state index in [9.17, 15) is 5.26 Å². The van der Waals surface area contributed by atoms with Crippen molar-refractivity contribution in [2.75, 3.05) is 0 Å². The van der Waals surface area contributed by atoms with Crippen LogP contribution < -0.4 is 15.8 Å². The molecule has 0 bridgehead atoms. The van der Waals surface area contributed by atoms with E-state index in [1.807, 2.05) is 66.0 Å². The lowest BCUT2D eigenvalue weighted by molar-refractivity contribution is -0.653. The molecule has 1 atom stereocenters. The highest BCUT2D eigenvalue weighted by Crippen LogP contribution is 1.88. The Labute approximate surface area is 95.6 Å². The zero-order chi connectivity index (χ0) is 11.5. The summed E-state index contributed by atoms with van der Waals surface area (Å²) in [6.07, 6.45) is 3.96. The molecule has 0 radical (unpaired) electrons. The van der Waals surface area contributed by atoms with Gasteiger partial charge >= 0.3 is 0 Å². The fraction of sp³-hybridized carbons (Fsp3) is 0.167. The minimum Gasteiger partial charge on any atom is -0.272 e. The molecule has 0 aliphatic heterocycles. The van der Waals surface area contributed by atoms with Gasteiger partial charge in [-0.15, -0.1) is 5.97 Å². The minimum absolute atomic E-state index is 1.08. The molecule has 0 saturated carbocycles. The quantitative estimate of drug-likeness (QED) is 0.475. The van der Waals surface area contributed by atoms with Crippen LogP contribution in [0.5, 0.6) is 0 Å². The van der Waals surface area contributed by atoms with Crippen molar-refractivity contribution in [3.05, 3.63) is 42.7 Å². The first-order valence-electron chi connectivity index (χ1n) is 5.39. The summed E-state index contributed by atoms with van der Waals surface area (Å²) in [5, 5.41) is 9.36. The molecule has 0 aliphatic carbocycles. The second kappa shape index (κ2) is 4.24. The summed E-state index contributed by atoms with van der Waals surface area (Å²) in [7, 11) is 3.96. The van der Waals surface area contributed by atoms with Crippen LogP contribution >= 0.6 is 0 Å². The molecule has 0 spiro atoms. The molecule has 2 aromatic rings. The highest BCUT2D eigenvalue weighted by Gasteiger charge is 2.18. The maximum Gasteiger partial charge on any atom is 0.236 e. The summed E-state index contributed by atoms with van der Waals surface area (Å²) in [4.78, 5) is 0. The number of benzene rings is 1. The summed E-state index contributed by atoms with van der Waals surface area (Å²) in [6, 6.07) is 9.99. The topological polar surface area (TPSA) is 32.6 Å². The third kappa shape index (κ3) is 1.72. The maximum absolute atomic E-state index is 9.36. The van der Waals surface area contributed by atoms with Crippen molar-refractivity contribution >= 4 is 17.9 Å². The van der Waals surface area contributed by atoms with Gasteiger partial charge in [-0.05, 0) is 0 Å². The lowest BCUT2D eigenvalue weighted by Crippen LogP contribution is -2.59. The van der Waals surface area contributed by atoms with Crippen LogP contribution in [-0.4, -0.2) is 11.3 Å². The number of aryl methyl sites for hydroxylation is 2. The number of nitrogens with zero attached hydrogens (tertiary/aromatic N) is 3. The first-order chi connectivity index (χ1) is 7.74. The number of nitriles is 1. The van der Waals surface area contributed by atoms with Gasteiger partial charge in [0.15, 0.2) is 0 Å². The molecule has 0 fully saturated rings. The van der Waals surface area contributed by atoms with Crippen LogP contribution in [0.3, 0.4) is 0 Å². The van der Waals surface area contributed by atoms with Gasteiger partial charge in [0.25, 0.3) is 0 Å². The molecule has 4 heteroatoms. The zero-order valence-corrected chi connectivity index (χ0v) is 9.59. The average Bonchev–Trinajstić information content (AvgIpc) is 2.63. The molecule has 1 aromatic heterocycles. The molecule has 0 unspecified atom stereocenters. The molecule has 0 aliphatic rings. The van der Waals surface area contributed by atoms with Crippen molar-refractivity contribution in [2.45, 2.75) is 0 Å². The highest BCUT2D eigenvalue weighted by molar-refractivity contribution is 6.89. The van der Waals surface area contributed by atoms with Crippen molar-refractivity contribution in [3.63, 3.8) is 0 Å². The third-order valence-electron chi connectivity index (χ3n) is 3.05. The Morgan fingerprint density at radius 1 is 1.31 bits per heavy atom. The molecule has 0 amide bonds. The second-order valence-corrected chi connectivity index (χ2v) is 4.11. The molecular weight excluding hydrogens is 197 g/mol. The Morgan fingerprint density at radius 2 is 2.00 bits per heavy atom. The predicted octanol–water partition coefficient (Wildman–Crippen LogP) is -0.746. The number of hydrogen-bond donors (Lipinski definition) is 0. The van der Waals surface area contributed by atoms with Gasteiger partial charge in [0.2, 0.25) is 6.71 Å². The lowest BCUT2D eigenvalue weighted by Gasteiger charge is -2.13. The van der Waals surface area contributed by atoms with Crippen molar-refractivity contribution in [3.8, 4) is 5.97 Å². The van der Waals surface area contributed by atoms with Crippen molar-refractivity contribution in [2.24, 2.45) is 14.1 Å². The molecule has 0 saturated heterocycles. The van der Waals surface area contributed by atoms with E-state index in [0.717, 1.165) is 11.2 Å². The Morgan fingerprint density at radius 3 is 2.50 bits per heavy atom. The third-order valence-corrected chi connectivity index (χ3v) is 3.05. The Kier molecular flexibility index (Phi) is 2.78. The van der Waals surface area contributed by atoms with Gasteiger partial charge in [0.1, 0.15) is 12.4 Å². The summed E-state index contributed by atoms with van der Waals surface area (Å²) in [5.74, 6) is 2.44. The normalized spacial score (nSPS) is 12.1. The lowest BCUT2D eigenvalue weighted by atomic mass is 9.45. The zero-order valence-electron chi connectivity index (χ0n) is 9.59. The Bertz CT molecular complexity index is 505. The first kappa shape index (κ1) is 10.5. The summed E-state index contributed by atoms with van der Waals surface area (Å²) >= 11 is 0. The average molecular weight is 211 g/mol. The van der Waals surface area contributed by atoms with E-state index in [1.54, 1.807) is 0 Å². The summed E-state index contributed by atoms with van der Waals surface area (Å²) in [6.45, 7) is -1.12. The molecule has 0 N–H and O–H groups in total. The summed E-state index contributed by atoms with van der Waals surface area (Å²) in [5.41, 5.74) is 2.19. The Hall–Kier alpha value is -2.02. The summed E-state index contributed by atoms with van der Waals surface area (Å²) < 4.78 is 4.05. The number of rotatable bonds is 2. The second-order valence-electron chi connectivity index (χ2n) is 4.11. The molecular formula is C12H14BN3. The monoisotopic (exact) mass is 211 g/mol. The SMILES string of the molecule is Cn1cc[n+](C)c1[B@@H-](C#N)c1ccccc1. The fourth-order valence-corrected chi connectivity index (χ4v) is 2.18. The van der Waals surface area contributed by atoms with Crippen LogP contribution in [0.15, 0.2) is 42.7 Å². The largest absolute Gasteiger partial charge is 0.272 e. The van der Waals surface area contributed by atoms with Crippen molar-refractivity contribution in [1.29, 1.82) is 5.26 Å². The fourth-order valence-electron chi connectivity index (χ4n) is 2.18. The number of hydrogen-bond acceptors (Lipinski definition) is 1. The van der Waals surface area contributed by atoms with Crippen molar-refractivity contribution < 1.29 is 4.57 Å². The first-order valence-corrected chi connectivity index (χ1v) is 5.39. The van der Waals surface area contributed by atoms with Gasteiger partial charge in [0.05, 0.1) is 19.8 Å². The number of aromatic nitrogens is 2. The van der Waals surface area contributed by atoms with Gasteiger partial charge in [-0.25, -0.2) is 5.26 Å². The van der Waals surface area contributed by atoms with Crippen LogP contribution in [0, 0.1) is 11.2 Å². The van der Waals surface area contributed by atoms with E-state index >= 15 is 0 Å². The van der Waals surface area contributed by atoms with Gasteiger partial charge in [-0.2, -0.15) is 5.46 Å². The molecule has 1 heterocycles. The van der Waals surface area contributed by atoms with Gasteiger partial charge in [0, 0.05) is 0 Å². The Balaban J connectivity index is 2.50. The number of imidazole rings is 1. The van der Waals surface area contributed by atoms with E-state index in [1.165, 1.54) is 0 Å². The molecule has 3 nitrogen and oxygen atoms in total. The van der Waals surface area contributed by atoms with Gasteiger partial charge in [-0.1, -0.05) is 30.3 Å². The predicted molar refractivity (Wildman–Crippen MR) is 65.1 cm³/mol. The standard InChI is InChI=1S/C12H14BN3/c1-15-8-9-16(2)12(15)13(10-14)11-6-4-3-5-7-11/h3-9,13H,1-2H3/t13-/m0/s1. The van der Waals surface area contributed by atoms with Gasteiger partial charge in [-0.3, -0.25) is 9.13 Å². The van der Waals surface area contributed by atoms with Crippen LogP contribution in [0.4, 0.5) is 0 Å². The van der Waals surface area contributed by atoms with E-state index < -0.39 is 6.71 Å². The van der Waals surface area contributed by atoms with E-state index in [2.05, 4.69) is 5.97 Å². The molecule has 1 aromatic carbocycles. The van der Waals surface area contributed by atoms with Crippen LogP contribution in [0.2, 0.25) is 0 Å². The highest BCUT2D eigenvalue weighted by atomic mass is 15.1. The smallest absolute Gasteiger partial charge is 0.236 e. The van der Waals surface area contributed by atoms with Crippen molar-refractivity contribution in [1.82, 2.24) is 4.57 Å². The van der Waals surface area contributed by atoms with E-state index in [4.69, 9.17) is 0 Å². The maximum atomic E-state index is 9.36. The van der Waals surface area contributed by atoms with Crippen LogP contribution in [-0.2, 0) is 14.1 Å². The van der Waals surface area contributed by atoms with E-state index in [0.29, 0.717) is 0 Å². The van der Waals surface area contributed by atoms with Gasteiger partial charge < -0.3 is 0 Å². The molecule has 2 rings (SSSR count). The molecule has 16 heavy (non-hydrogen) atoms. The van der Waals surface area contributed by atoms with E-state index in [-0.39, 0.29) is 0 Å². The van der Waals surface area contributed by atoms with Crippen LogP contribution in [0.25, 0.3) is 0 Å².